The standard InChI is InChI=1S/C17H26N2O/c1-12-5-7-13(8-6-12)11-19(14-9-10-14)16(20)15(18)17(2,3)4/h5-8,14-15H,9-11,18H2,1-4H3/t15-/m0/s1. The highest BCUT2D eigenvalue weighted by molar-refractivity contribution is 5.83. The molecule has 2 N–H and O–H groups in total. The smallest absolute Gasteiger partial charge is 0.240 e. The van der Waals surface area contributed by atoms with Gasteiger partial charge in [-0.2, -0.15) is 0 Å². The summed E-state index contributed by atoms with van der Waals surface area (Å²) < 4.78 is 0. The fourth-order valence-corrected chi connectivity index (χ4v) is 2.21. The number of carbonyl (C=O) groups excluding carboxylic acids is 1. The van der Waals surface area contributed by atoms with E-state index in [1.54, 1.807) is 0 Å². The number of nitrogens with two attached hydrogens (primary N) is 1. The second-order valence-corrected chi connectivity index (χ2v) is 7.03. The summed E-state index contributed by atoms with van der Waals surface area (Å²) in [7, 11) is 0. The Kier molecular flexibility index (Phi) is 4.19. The van der Waals surface area contributed by atoms with E-state index in [1.807, 2.05) is 25.7 Å². The van der Waals surface area contributed by atoms with Crippen molar-refractivity contribution in [3.05, 3.63) is 35.4 Å². The van der Waals surface area contributed by atoms with Crippen LogP contribution in [0, 0.1) is 12.3 Å². The van der Waals surface area contributed by atoms with E-state index in [0.29, 0.717) is 12.6 Å². The first-order valence-corrected chi connectivity index (χ1v) is 7.40. The monoisotopic (exact) mass is 274 g/mol. The molecule has 0 radical (unpaired) electrons. The van der Waals surface area contributed by atoms with Crippen molar-refractivity contribution >= 4 is 5.91 Å². The molecule has 1 aliphatic carbocycles. The highest BCUT2D eigenvalue weighted by Gasteiger charge is 2.38. The minimum absolute atomic E-state index is 0.0839. The van der Waals surface area contributed by atoms with Crippen molar-refractivity contribution in [2.75, 3.05) is 0 Å². The van der Waals surface area contributed by atoms with E-state index in [9.17, 15) is 4.79 Å². The predicted octanol–water partition coefficient (Wildman–Crippen LogP) is 2.86. The Hall–Kier alpha value is -1.35. The van der Waals surface area contributed by atoms with Crippen LogP contribution in [-0.2, 0) is 11.3 Å². The molecule has 1 saturated carbocycles. The van der Waals surface area contributed by atoms with Gasteiger partial charge in [0.25, 0.3) is 0 Å². The lowest BCUT2D eigenvalue weighted by molar-refractivity contribution is -0.136. The van der Waals surface area contributed by atoms with Crippen molar-refractivity contribution in [2.45, 2.75) is 59.2 Å². The first-order valence-electron chi connectivity index (χ1n) is 7.40. The van der Waals surface area contributed by atoms with Crippen LogP contribution in [0.25, 0.3) is 0 Å². The lowest BCUT2D eigenvalue weighted by atomic mass is 9.86. The Morgan fingerprint density at radius 3 is 2.30 bits per heavy atom. The van der Waals surface area contributed by atoms with E-state index in [4.69, 9.17) is 5.73 Å². The summed E-state index contributed by atoms with van der Waals surface area (Å²) in [5.41, 5.74) is 8.37. The fraction of sp³-hybridized carbons (Fsp3) is 0.588. The van der Waals surface area contributed by atoms with Gasteiger partial charge in [0, 0.05) is 12.6 Å². The van der Waals surface area contributed by atoms with Crippen LogP contribution in [0.1, 0.15) is 44.7 Å². The molecular weight excluding hydrogens is 248 g/mol. The maximum absolute atomic E-state index is 12.6. The number of hydrogen-bond acceptors (Lipinski definition) is 2. The van der Waals surface area contributed by atoms with Gasteiger partial charge in [-0.1, -0.05) is 50.6 Å². The molecule has 0 spiro atoms. The summed E-state index contributed by atoms with van der Waals surface area (Å²) in [5.74, 6) is 0.0839. The topological polar surface area (TPSA) is 46.3 Å². The molecule has 1 amide bonds. The van der Waals surface area contributed by atoms with E-state index in [1.165, 1.54) is 11.1 Å². The van der Waals surface area contributed by atoms with Crippen LogP contribution in [0.5, 0.6) is 0 Å². The van der Waals surface area contributed by atoms with E-state index >= 15 is 0 Å². The Morgan fingerprint density at radius 1 is 1.30 bits per heavy atom. The lowest BCUT2D eigenvalue weighted by Crippen LogP contribution is -2.50. The third kappa shape index (κ3) is 3.60. The molecule has 2 rings (SSSR count). The molecule has 0 bridgehead atoms. The van der Waals surface area contributed by atoms with Crippen molar-refractivity contribution in [3.8, 4) is 0 Å². The molecular formula is C17H26N2O. The van der Waals surface area contributed by atoms with Crippen LogP contribution in [-0.4, -0.2) is 22.9 Å². The Balaban J connectivity index is 2.11. The number of benzene rings is 1. The van der Waals surface area contributed by atoms with Gasteiger partial charge in [0.1, 0.15) is 0 Å². The molecule has 1 aromatic rings. The maximum atomic E-state index is 12.6. The second-order valence-electron chi connectivity index (χ2n) is 7.03. The molecule has 0 aromatic heterocycles. The molecule has 0 heterocycles. The SMILES string of the molecule is Cc1ccc(CN(C(=O)[C@H](N)C(C)(C)C)C2CC2)cc1. The zero-order valence-corrected chi connectivity index (χ0v) is 13.0. The minimum Gasteiger partial charge on any atom is -0.334 e. The highest BCUT2D eigenvalue weighted by Crippen LogP contribution is 2.31. The van der Waals surface area contributed by atoms with Crippen molar-refractivity contribution < 1.29 is 4.79 Å². The predicted molar refractivity (Wildman–Crippen MR) is 82.2 cm³/mol. The minimum atomic E-state index is -0.437. The Morgan fingerprint density at radius 2 is 1.85 bits per heavy atom. The molecule has 3 heteroatoms. The second kappa shape index (κ2) is 5.57. The van der Waals surface area contributed by atoms with Crippen LogP contribution in [0.4, 0.5) is 0 Å². The van der Waals surface area contributed by atoms with Crippen LogP contribution < -0.4 is 5.73 Å². The maximum Gasteiger partial charge on any atom is 0.240 e. The third-order valence-electron chi connectivity index (χ3n) is 3.94. The van der Waals surface area contributed by atoms with Gasteiger partial charge >= 0.3 is 0 Å². The quantitative estimate of drug-likeness (QED) is 0.917. The molecule has 0 aliphatic heterocycles. The van der Waals surface area contributed by atoms with E-state index in [0.717, 1.165) is 12.8 Å². The van der Waals surface area contributed by atoms with Gasteiger partial charge in [-0.3, -0.25) is 4.79 Å². The number of amides is 1. The number of hydrogen-bond donors (Lipinski definition) is 1. The zero-order valence-electron chi connectivity index (χ0n) is 13.0. The third-order valence-corrected chi connectivity index (χ3v) is 3.94. The fourth-order valence-electron chi connectivity index (χ4n) is 2.21. The van der Waals surface area contributed by atoms with Gasteiger partial charge in [0.2, 0.25) is 5.91 Å². The average molecular weight is 274 g/mol. The molecule has 1 aliphatic rings. The van der Waals surface area contributed by atoms with Crippen LogP contribution in [0.15, 0.2) is 24.3 Å². The van der Waals surface area contributed by atoms with Gasteiger partial charge in [-0.05, 0) is 30.7 Å². The molecule has 0 unspecified atom stereocenters. The summed E-state index contributed by atoms with van der Waals surface area (Å²) in [6, 6.07) is 8.33. The van der Waals surface area contributed by atoms with Crippen LogP contribution >= 0.6 is 0 Å². The highest BCUT2D eigenvalue weighted by atomic mass is 16.2. The van der Waals surface area contributed by atoms with Crippen molar-refractivity contribution in [1.82, 2.24) is 4.90 Å². The Labute approximate surface area is 122 Å². The van der Waals surface area contributed by atoms with Crippen molar-refractivity contribution in [2.24, 2.45) is 11.1 Å². The normalized spacial score (nSPS) is 16.9. The Bertz CT molecular complexity index is 469. The van der Waals surface area contributed by atoms with Crippen LogP contribution in [0.3, 0.4) is 0 Å². The number of rotatable bonds is 4. The molecule has 1 fully saturated rings. The van der Waals surface area contributed by atoms with Gasteiger partial charge in [0.05, 0.1) is 6.04 Å². The zero-order chi connectivity index (χ0) is 14.9. The number of nitrogens with zero attached hydrogens (tertiary/aromatic N) is 1. The van der Waals surface area contributed by atoms with Gasteiger partial charge in [0.15, 0.2) is 0 Å². The lowest BCUT2D eigenvalue weighted by Gasteiger charge is -2.32. The van der Waals surface area contributed by atoms with Crippen molar-refractivity contribution in [3.63, 3.8) is 0 Å². The van der Waals surface area contributed by atoms with Gasteiger partial charge < -0.3 is 10.6 Å². The largest absolute Gasteiger partial charge is 0.334 e. The van der Waals surface area contributed by atoms with E-state index < -0.39 is 6.04 Å². The number of carbonyl (C=O) groups is 1. The molecule has 20 heavy (non-hydrogen) atoms. The molecule has 0 saturated heterocycles. The van der Waals surface area contributed by atoms with Gasteiger partial charge in [-0.25, -0.2) is 0 Å². The summed E-state index contributed by atoms with van der Waals surface area (Å²) in [4.78, 5) is 14.6. The van der Waals surface area contributed by atoms with E-state index in [2.05, 4.69) is 31.2 Å². The van der Waals surface area contributed by atoms with Crippen LogP contribution in [0.2, 0.25) is 0 Å². The number of aryl methyl sites for hydroxylation is 1. The molecule has 110 valence electrons. The summed E-state index contributed by atoms with van der Waals surface area (Å²) in [6.45, 7) is 8.81. The van der Waals surface area contributed by atoms with E-state index in [-0.39, 0.29) is 11.3 Å². The van der Waals surface area contributed by atoms with Crippen molar-refractivity contribution in [1.29, 1.82) is 0 Å². The summed E-state index contributed by atoms with van der Waals surface area (Å²) in [5, 5.41) is 0. The summed E-state index contributed by atoms with van der Waals surface area (Å²) in [6.07, 6.45) is 2.21. The molecule has 1 aromatic carbocycles. The first kappa shape index (κ1) is 15.0. The molecule has 1 atom stereocenters. The molecule has 3 nitrogen and oxygen atoms in total. The first-order chi connectivity index (χ1) is 9.29. The average Bonchev–Trinajstić information content (AvgIpc) is 3.19. The summed E-state index contributed by atoms with van der Waals surface area (Å²) >= 11 is 0. The van der Waals surface area contributed by atoms with Gasteiger partial charge in [-0.15, -0.1) is 0 Å².